The molecule has 1 rings (SSSR count). The Morgan fingerprint density at radius 1 is 1.32 bits per heavy atom. The molecule has 7 heteroatoms. The van der Waals surface area contributed by atoms with Crippen LogP contribution in [0, 0.1) is 10.1 Å². The number of hydrogen-bond donors (Lipinski definition) is 4. The number of nitro groups is 1. The van der Waals surface area contributed by atoms with Gasteiger partial charge in [-0.2, -0.15) is 0 Å². The molecule has 0 bridgehead atoms. The summed E-state index contributed by atoms with van der Waals surface area (Å²) in [7, 11) is 0. The minimum absolute atomic E-state index is 0.0374. The highest BCUT2D eigenvalue weighted by Crippen LogP contribution is 2.24. The van der Waals surface area contributed by atoms with Crippen LogP contribution in [0.5, 0.6) is 0 Å². The van der Waals surface area contributed by atoms with Crippen molar-refractivity contribution in [3.05, 3.63) is 28.3 Å². The van der Waals surface area contributed by atoms with Crippen LogP contribution in [0.2, 0.25) is 0 Å². The summed E-state index contributed by atoms with van der Waals surface area (Å²) in [5.74, 6) is 0. The van der Waals surface area contributed by atoms with E-state index in [0.29, 0.717) is 17.9 Å². The third kappa shape index (κ3) is 4.72. The van der Waals surface area contributed by atoms with E-state index in [1.807, 2.05) is 6.92 Å². The van der Waals surface area contributed by atoms with Crippen molar-refractivity contribution < 1.29 is 15.1 Å². The van der Waals surface area contributed by atoms with Gasteiger partial charge in [0.2, 0.25) is 0 Å². The van der Waals surface area contributed by atoms with Crippen molar-refractivity contribution >= 4 is 17.1 Å². The van der Waals surface area contributed by atoms with Gasteiger partial charge in [-0.25, -0.2) is 0 Å². The summed E-state index contributed by atoms with van der Waals surface area (Å²) in [6.45, 7) is 3.71. The van der Waals surface area contributed by atoms with E-state index in [0.717, 1.165) is 0 Å². The molecular weight excluding hydrogens is 250 g/mol. The molecule has 0 radical (unpaired) electrons. The highest BCUT2D eigenvalue weighted by Gasteiger charge is 2.19. The monoisotopic (exact) mass is 269 g/mol. The number of nitrogens with zero attached hydrogens (tertiary/aromatic N) is 1. The molecule has 1 aromatic rings. The molecule has 7 nitrogen and oxygen atoms in total. The van der Waals surface area contributed by atoms with Crippen LogP contribution in [-0.4, -0.2) is 40.4 Å². The molecule has 0 saturated carbocycles. The minimum Gasteiger partial charge on any atom is -0.393 e. The lowest BCUT2D eigenvalue weighted by atomic mass is 10.1. The largest absolute Gasteiger partial charge is 0.393 e. The molecule has 1 unspecified atom stereocenters. The zero-order valence-corrected chi connectivity index (χ0v) is 11.0. The quantitative estimate of drug-likeness (QED) is 0.437. The third-order valence-corrected chi connectivity index (χ3v) is 2.52. The van der Waals surface area contributed by atoms with Crippen molar-refractivity contribution in [3.8, 4) is 0 Å². The predicted octanol–water partition coefficient (Wildman–Crippen LogP) is 1.18. The summed E-state index contributed by atoms with van der Waals surface area (Å²) < 4.78 is 0. The predicted molar refractivity (Wildman–Crippen MR) is 73.5 cm³/mol. The van der Waals surface area contributed by atoms with E-state index in [1.54, 1.807) is 6.07 Å². The number of non-ortho nitro benzene ring substituents is 1. The number of hydrogen-bond acceptors (Lipinski definition) is 6. The van der Waals surface area contributed by atoms with E-state index in [4.69, 9.17) is 5.11 Å². The molecule has 106 valence electrons. The number of aliphatic hydroxyl groups excluding tert-OH is 1. The van der Waals surface area contributed by atoms with E-state index in [2.05, 4.69) is 10.6 Å². The molecule has 1 atom stereocenters. The number of nitro benzene ring substituents is 1. The maximum absolute atomic E-state index is 10.8. The highest BCUT2D eigenvalue weighted by molar-refractivity contribution is 5.63. The van der Waals surface area contributed by atoms with Gasteiger partial charge >= 0.3 is 0 Å². The van der Waals surface area contributed by atoms with E-state index in [1.165, 1.54) is 19.1 Å². The van der Waals surface area contributed by atoms with Crippen LogP contribution in [-0.2, 0) is 0 Å². The van der Waals surface area contributed by atoms with Gasteiger partial charge < -0.3 is 20.8 Å². The maximum Gasteiger partial charge on any atom is 0.273 e. The minimum atomic E-state index is -1.27. The van der Waals surface area contributed by atoms with Crippen molar-refractivity contribution in [2.24, 2.45) is 0 Å². The van der Waals surface area contributed by atoms with Gasteiger partial charge in [-0.05, 0) is 19.9 Å². The van der Waals surface area contributed by atoms with Gasteiger partial charge in [-0.15, -0.1) is 0 Å². The average Bonchev–Trinajstić information content (AvgIpc) is 2.37. The summed E-state index contributed by atoms with van der Waals surface area (Å²) in [5, 5.41) is 35.3. The van der Waals surface area contributed by atoms with E-state index < -0.39 is 17.1 Å². The Kier molecular flexibility index (Phi) is 5.08. The third-order valence-electron chi connectivity index (χ3n) is 2.52. The first-order chi connectivity index (χ1) is 8.88. The normalized spacial score (nSPS) is 13.7. The molecule has 0 saturated heterocycles. The van der Waals surface area contributed by atoms with Gasteiger partial charge in [-0.3, -0.25) is 10.1 Å². The lowest BCUT2D eigenvalue weighted by Gasteiger charge is -2.21. The van der Waals surface area contributed by atoms with Crippen LogP contribution in [0.15, 0.2) is 18.2 Å². The van der Waals surface area contributed by atoms with Crippen molar-refractivity contribution in [3.63, 3.8) is 0 Å². The fourth-order valence-corrected chi connectivity index (χ4v) is 1.47. The van der Waals surface area contributed by atoms with Crippen molar-refractivity contribution in [1.82, 2.24) is 0 Å². The van der Waals surface area contributed by atoms with Gasteiger partial charge in [0, 0.05) is 36.6 Å². The van der Waals surface area contributed by atoms with Gasteiger partial charge in [0.15, 0.2) is 0 Å². The Bertz CT molecular complexity index is 449. The van der Waals surface area contributed by atoms with Gasteiger partial charge in [0.05, 0.1) is 11.5 Å². The van der Waals surface area contributed by atoms with Gasteiger partial charge in [-0.1, -0.05) is 0 Å². The fraction of sp³-hybridized carbons (Fsp3) is 0.500. The van der Waals surface area contributed by atoms with Crippen LogP contribution >= 0.6 is 0 Å². The number of nitrogens with one attached hydrogen (secondary N) is 2. The molecule has 4 N–H and O–H groups in total. The maximum atomic E-state index is 10.8. The second-order valence-electron chi connectivity index (χ2n) is 4.56. The Morgan fingerprint density at radius 3 is 2.37 bits per heavy atom. The molecule has 0 heterocycles. The molecule has 19 heavy (non-hydrogen) atoms. The molecular formula is C12H19N3O4. The smallest absolute Gasteiger partial charge is 0.273 e. The number of rotatable bonds is 7. The first kappa shape index (κ1) is 15.2. The zero-order chi connectivity index (χ0) is 14.5. The van der Waals surface area contributed by atoms with Gasteiger partial charge in [0.1, 0.15) is 5.60 Å². The molecule has 0 aliphatic carbocycles. The summed E-state index contributed by atoms with van der Waals surface area (Å²) in [4.78, 5) is 10.4. The Balaban J connectivity index is 2.90. The van der Waals surface area contributed by atoms with Crippen LogP contribution in [0.1, 0.15) is 13.8 Å². The Morgan fingerprint density at radius 2 is 1.89 bits per heavy atom. The van der Waals surface area contributed by atoms with E-state index in [-0.39, 0.29) is 12.2 Å². The van der Waals surface area contributed by atoms with Crippen LogP contribution in [0.4, 0.5) is 17.1 Å². The van der Waals surface area contributed by atoms with Crippen LogP contribution < -0.4 is 10.6 Å². The first-order valence-corrected chi connectivity index (χ1v) is 5.98. The lowest BCUT2D eigenvalue weighted by molar-refractivity contribution is -0.384. The molecule has 0 spiro atoms. The topological polar surface area (TPSA) is 108 Å². The average molecular weight is 269 g/mol. The first-order valence-electron chi connectivity index (χ1n) is 5.98. The van der Waals surface area contributed by atoms with Crippen LogP contribution in [0.25, 0.3) is 0 Å². The van der Waals surface area contributed by atoms with E-state index in [9.17, 15) is 15.2 Å². The number of benzene rings is 1. The summed E-state index contributed by atoms with van der Waals surface area (Å²) in [5.41, 5.74) is -0.172. The highest BCUT2D eigenvalue weighted by atomic mass is 16.6. The molecule has 0 aromatic heterocycles. The van der Waals surface area contributed by atoms with Crippen molar-refractivity contribution in [2.45, 2.75) is 19.4 Å². The standard InChI is InChI=1S/C12H19N3O4/c1-3-13-9-4-10(6-11(5-9)15(18)19)14-7-12(2,17)8-16/h4-6,13-14,16-17H,3,7-8H2,1-2H3. The van der Waals surface area contributed by atoms with Crippen molar-refractivity contribution in [1.29, 1.82) is 0 Å². The van der Waals surface area contributed by atoms with Crippen LogP contribution in [0.3, 0.4) is 0 Å². The Hall–Kier alpha value is -1.86. The molecule has 0 aliphatic heterocycles. The molecule has 0 amide bonds. The molecule has 1 aromatic carbocycles. The van der Waals surface area contributed by atoms with Crippen molar-refractivity contribution in [2.75, 3.05) is 30.3 Å². The second-order valence-corrected chi connectivity index (χ2v) is 4.56. The fourth-order valence-electron chi connectivity index (χ4n) is 1.47. The number of aliphatic hydroxyl groups is 2. The summed E-state index contributed by atoms with van der Waals surface area (Å²) >= 11 is 0. The lowest BCUT2D eigenvalue weighted by Crippen LogP contribution is -2.37. The summed E-state index contributed by atoms with van der Waals surface area (Å²) in [6.07, 6.45) is 0. The SMILES string of the molecule is CCNc1cc(NCC(C)(O)CO)cc([N+](=O)[O-])c1. The van der Waals surface area contributed by atoms with E-state index >= 15 is 0 Å². The van der Waals surface area contributed by atoms with Gasteiger partial charge in [0.25, 0.3) is 5.69 Å². The molecule has 0 aliphatic rings. The summed E-state index contributed by atoms with van der Waals surface area (Å²) in [6, 6.07) is 4.54. The number of anilines is 2. The zero-order valence-electron chi connectivity index (χ0n) is 11.0. The Labute approximate surface area is 111 Å². The second kappa shape index (κ2) is 6.35. The molecule has 0 fully saturated rings.